The predicted molar refractivity (Wildman–Crippen MR) is 89.5 cm³/mol. The summed E-state index contributed by atoms with van der Waals surface area (Å²) in [4.78, 5) is 28.8. The van der Waals surface area contributed by atoms with Gasteiger partial charge < -0.3 is 15.1 Å². The van der Waals surface area contributed by atoms with E-state index >= 15 is 0 Å². The zero-order valence-electron chi connectivity index (χ0n) is 14.3. The number of carbonyl (C=O) groups excluding carboxylic acids is 1. The second kappa shape index (κ2) is 8.40. The largest absolute Gasteiger partial charge is 0.476 e. The molecule has 0 saturated carbocycles. The van der Waals surface area contributed by atoms with Gasteiger partial charge in [0.05, 0.1) is 0 Å². The molecule has 130 valence electrons. The van der Waals surface area contributed by atoms with E-state index in [1.165, 1.54) is 5.38 Å². The van der Waals surface area contributed by atoms with Gasteiger partial charge in [-0.15, -0.1) is 11.3 Å². The van der Waals surface area contributed by atoms with Crippen LogP contribution in [0.2, 0.25) is 0 Å². The fourth-order valence-electron chi connectivity index (χ4n) is 2.42. The topological polar surface area (TPSA) is 90.7 Å². The van der Waals surface area contributed by atoms with Gasteiger partial charge in [0.15, 0.2) is 5.69 Å². The number of aromatic carboxylic acids is 1. The molecule has 0 unspecified atom stereocenters. The third kappa shape index (κ3) is 5.58. The molecule has 7 heteroatoms. The third-order valence-corrected chi connectivity index (χ3v) is 4.68. The molecule has 1 heterocycles. The van der Waals surface area contributed by atoms with Crippen LogP contribution >= 0.6 is 11.3 Å². The Balaban J connectivity index is 2.81. The zero-order valence-corrected chi connectivity index (χ0v) is 15.1. The number of aromatic nitrogens is 1. The molecule has 1 aromatic rings. The smallest absolute Gasteiger partial charge is 0.355 e. The molecule has 6 nitrogen and oxygen atoms in total. The summed E-state index contributed by atoms with van der Waals surface area (Å²) in [6, 6.07) is -0.131. The molecule has 0 bridgehead atoms. The van der Waals surface area contributed by atoms with Crippen LogP contribution in [0, 0.1) is 11.8 Å². The average molecular weight is 342 g/mol. The second-order valence-electron chi connectivity index (χ2n) is 6.54. The molecule has 0 aliphatic heterocycles. The normalized spacial score (nSPS) is 14.1. The van der Waals surface area contributed by atoms with Crippen LogP contribution in [0.4, 0.5) is 0 Å². The molecule has 23 heavy (non-hydrogen) atoms. The summed E-state index contributed by atoms with van der Waals surface area (Å²) < 4.78 is 0. The number of aliphatic hydroxyl groups is 1. The maximum Gasteiger partial charge on any atom is 0.355 e. The molecule has 0 aliphatic carbocycles. The Morgan fingerprint density at radius 2 is 1.91 bits per heavy atom. The molecular formula is C16H26N2O4S. The van der Waals surface area contributed by atoms with Crippen molar-refractivity contribution in [1.29, 1.82) is 0 Å². The number of carboxylic acid groups (broad SMARTS) is 1. The van der Waals surface area contributed by atoms with Crippen molar-refractivity contribution < 1.29 is 19.8 Å². The minimum absolute atomic E-state index is 0.0521. The van der Waals surface area contributed by atoms with Gasteiger partial charge >= 0.3 is 5.97 Å². The van der Waals surface area contributed by atoms with E-state index in [9.17, 15) is 14.7 Å². The van der Waals surface area contributed by atoms with Gasteiger partial charge in [0.25, 0.3) is 0 Å². The number of hydrogen-bond donors (Lipinski definition) is 2. The second-order valence-corrected chi connectivity index (χ2v) is 7.43. The number of thiazole rings is 1. The minimum atomic E-state index is -1.11. The van der Waals surface area contributed by atoms with Crippen molar-refractivity contribution in [2.24, 2.45) is 11.8 Å². The fourth-order valence-corrected chi connectivity index (χ4v) is 3.21. The Morgan fingerprint density at radius 3 is 2.35 bits per heavy atom. The Morgan fingerprint density at radius 1 is 1.30 bits per heavy atom. The van der Waals surface area contributed by atoms with Gasteiger partial charge in [-0.05, 0) is 11.8 Å². The zero-order chi connectivity index (χ0) is 17.7. The number of aliphatic hydroxyl groups excluding tert-OH is 1. The van der Waals surface area contributed by atoms with Gasteiger partial charge in [0.2, 0.25) is 5.91 Å². The fraction of sp³-hybridized carbons (Fsp3) is 0.688. The molecule has 2 N–H and O–H groups in total. The van der Waals surface area contributed by atoms with E-state index in [0.717, 1.165) is 11.3 Å². The summed E-state index contributed by atoms with van der Waals surface area (Å²) in [5.41, 5.74) is -0.0608. The van der Waals surface area contributed by atoms with Crippen molar-refractivity contribution in [3.8, 4) is 0 Å². The van der Waals surface area contributed by atoms with Gasteiger partial charge in [-0.1, -0.05) is 27.7 Å². The van der Waals surface area contributed by atoms with E-state index in [2.05, 4.69) is 4.98 Å². The highest BCUT2D eigenvalue weighted by atomic mass is 32.1. The summed E-state index contributed by atoms with van der Waals surface area (Å²) in [5.74, 6) is -0.606. The van der Waals surface area contributed by atoms with E-state index in [0.29, 0.717) is 17.8 Å². The third-order valence-electron chi connectivity index (χ3n) is 3.73. The number of amides is 1. The van der Waals surface area contributed by atoms with Crippen LogP contribution in [0.1, 0.15) is 62.1 Å². The molecule has 0 radical (unpaired) electrons. The number of rotatable bonds is 8. The maximum atomic E-state index is 12.3. The SMILES string of the molecule is CC(C)CC(=O)N(C)[C@H](C[C@@H](O)c1nc(C(=O)O)cs1)C(C)C. The molecule has 0 spiro atoms. The van der Waals surface area contributed by atoms with Crippen LogP contribution in [-0.4, -0.2) is 45.1 Å². The summed E-state index contributed by atoms with van der Waals surface area (Å²) >= 11 is 1.13. The quantitative estimate of drug-likeness (QED) is 0.758. The average Bonchev–Trinajstić information content (AvgIpc) is 2.92. The highest BCUT2D eigenvalue weighted by Crippen LogP contribution is 2.27. The molecule has 0 aromatic carbocycles. The Bertz CT molecular complexity index is 542. The van der Waals surface area contributed by atoms with E-state index in [1.54, 1.807) is 11.9 Å². The number of carbonyl (C=O) groups is 2. The Labute approximate surface area is 141 Å². The van der Waals surface area contributed by atoms with Crippen molar-refractivity contribution in [1.82, 2.24) is 9.88 Å². The van der Waals surface area contributed by atoms with Gasteiger partial charge in [-0.3, -0.25) is 4.79 Å². The van der Waals surface area contributed by atoms with Crippen molar-refractivity contribution in [3.05, 3.63) is 16.1 Å². The summed E-state index contributed by atoms with van der Waals surface area (Å²) in [6.07, 6.45) is -0.0735. The van der Waals surface area contributed by atoms with Crippen molar-refractivity contribution in [2.75, 3.05) is 7.05 Å². The van der Waals surface area contributed by atoms with Crippen LogP contribution in [0.3, 0.4) is 0 Å². The lowest BCUT2D eigenvalue weighted by molar-refractivity contribution is -0.134. The highest BCUT2D eigenvalue weighted by Gasteiger charge is 2.28. The lowest BCUT2D eigenvalue weighted by atomic mass is 9.95. The molecule has 1 aromatic heterocycles. The first-order valence-corrected chi connectivity index (χ1v) is 8.63. The Kier molecular flexibility index (Phi) is 7.15. The molecule has 1 rings (SSSR count). The van der Waals surface area contributed by atoms with Crippen LogP contribution in [-0.2, 0) is 4.79 Å². The first kappa shape index (κ1) is 19.6. The highest BCUT2D eigenvalue weighted by molar-refractivity contribution is 7.09. The molecule has 0 saturated heterocycles. The van der Waals surface area contributed by atoms with Gasteiger partial charge in [0, 0.05) is 31.3 Å². The number of carboxylic acids is 1. The van der Waals surface area contributed by atoms with Crippen LogP contribution in [0.5, 0.6) is 0 Å². The van der Waals surface area contributed by atoms with Gasteiger partial charge in [0.1, 0.15) is 11.1 Å². The first-order chi connectivity index (χ1) is 10.6. The lowest BCUT2D eigenvalue weighted by Crippen LogP contribution is -2.41. The van der Waals surface area contributed by atoms with Gasteiger partial charge in [-0.2, -0.15) is 0 Å². The predicted octanol–water partition coefficient (Wildman–Crippen LogP) is 2.79. The summed E-state index contributed by atoms with van der Waals surface area (Å²) in [6.45, 7) is 7.99. The van der Waals surface area contributed by atoms with Crippen molar-refractivity contribution >= 4 is 23.2 Å². The van der Waals surface area contributed by atoms with E-state index in [4.69, 9.17) is 5.11 Å². The summed E-state index contributed by atoms with van der Waals surface area (Å²) in [5, 5.41) is 21.1. The summed E-state index contributed by atoms with van der Waals surface area (Å²) in [7, 11) is 1.76. The molecule has 1 amide bonds. The van der Waals surface area contributed by atoms with Crippen molar-refractivity contribution in [2.45, 2.75) is 52.7 Å². The molecule has 0 aliphatic rings. The number of nitrogens with zero attached hydrogens (tertiary/aromatic N) is 2. The van der Waals surface area contributed by atoms with E-state index in [-0.39, 0.29) is 29.5 Å². The van der Waals surface area contributed by atoms with E-state index < -0.39 is 12.1 Å². The monoisotopic (exact) mass is 342 g/mol. The van der Waals surface area contributed by atoms with Crippen LogP contribution in [0.15, 0.2) is 5.38 Å². The minimum Gasteiger partial charge on any atom is -0.476 e. The molecule has 2 atom stereocenters. The molecule has 0 fully saturated rings. The van der Waals surface area contributed by atoms with Crippen molar-refractivity contribution in [3.63, 3.8) is 0 Å². The standard InChI is InChI=1S/C16H26N2O4S/c1-9(2)6-14(20)18(5)12(10(3)4)7-13(19)15-17-11(8-23-15)16(21)22/h8-10,12-13,19H,6-7H2,1-5H3,(H,21,22)/t12-,13-/m1/s1. The molecular weight excluding hydrogens is 316 g/mol. The first-order valence-electron chi connectivity index (χ1n) is 7.75. The van der Waals surface area contributed by atoms with Crippen LogP contribution in [0.25, 0.3) is 0 Å². The lowest BCUT2D eigenvalue weighted by Gasteiger charge is -2.33. The van der Waals surface area contributed by atoms with E-state index in [1.807, 2.05) is 27.7 Å². The maximum absolute atomic E-state index is 12.3. The number of hydrogen-bond acceptors (Lipinski definition) is 5. The van der Waals surface area contributed by atoms with Crippen LogP contribution < -0.4 is 0 Å². The Hall–Kier alpha value is -1.47. The van der Waals surface area contributed by atoms with Gasteiger partial charge in [-0.25, -0.2) is 9.78 Å².